The van der Waals surface area contributed by atoms with Gasteiger partial charge in [0.1, 0.15) is 0 Å². The van der Waals surface area contributed by atoms with Gasteiger partial charge >= 0.3 is 25.9 Å². The van der Waals surface area contributed by atoms with Crippen molar-refractivity contribution in [3.05, 3.63) is 0 Å². The number of alkyl halides is 6. The third kappa shape index (κ3) is 6.13. The summed E-state index contributed by atoms with van der Waals surface area (Å²) in [5.41, 5.74) is -6.27. The SMILES string of the molecule is CCCC(C(CC(F)(F)F)(CC(F)(F)F)C(=O)O)P(=O)(O)O. The minimum atomic E-state index is -5.52. The van der Waals surface area contributed by atoms with Crippen LogP contribution in [0.15, 0.2) is 0 Å². The van der Waals surface area contributed by atoms with Gasteiger partial charge in [-0.05, 0) is 6.42 Å². The average molecular weight is 360 g/mol. The molecule has 1 atom stereocenters. The molecule has 0 aromatic carbocycles. The lowest BCUT2D eigenvalue weighted by Gasteiger charge is -2.38. The molecule has 0 spiro atoms. The van der Waals surface area contributed by atoms with Crippen LogP contribution in [0.1, 0.15) is 32.6 Å². The molecule has 1 unspecified atom stereocenters. The fourth-order valence-electron chi connectivity index (χ4n) is 2.35. The van der Waals surface area contributed by atoms with Crippen molar-refractivity contribution < 1.29 is 50.6 Å². The lowest BCUT2D eigenvalue weighted by Crippen LogP contribution is -2.48. The van der Waals surface area contributed by atoms with E-state index in [-0.39, 0.29) is 6.42 Å². The van der Waals surface area contributed by atoms with Crippen molar-refractivity contribution in [3.63, 3.8) is 0 Å². The summed E-state index contributed by atoms with van der Waals surface area (Å²) < 4.78 is 86.9. The Morgan fingerprint density at radius 2 is 1.41 bits per heavy atom. The van der Waals surface area contributed by atoms with Crippen LogP contribution in [0.3, 0.4) is 0 Å². The van der Waals surface area contributed by atoms with Gasteiger partial charge in [-0.3, -0.25) is 9.36 Å². The lowest BCUT2D eigenvalue weighted by molar-refractivity contribution is -0.208. The number of halogens is 6. The highest BCUT2D eigenvalue weighted by atomic mass is 31.2. The van der Waals surface area contributed by atoms with Crippen LogP contribution in [0.4, 0.5) is 26.3 Å². The lowest BCUT2D eigenvalue weighted by atomic mass is 9.75. The van der Waals surface area contributed by atoms with Crippen LogP contribution in [0, 0.1) is 5.41 Å². The van der Waals surface area contributed by atoms with Crippen molar-refractivity contribution >= 4 is 13.6 Å². The molecule has 0 aliphatic carbocycles. The summed E-state index contributed by atoms with van der Waals surface area (Å²) in [4.78, 5) is 29.4. The second-order valence-corrected chi connectivity index (χ2v) is 6.74. The van der Waals surface area contributed by atoms with E-state index in [2.05, 4.69) is 0 Å². The van der Waals surface area contributed by atoms with Gasteiger partial charge in [-0.25, -0.2) is 0 Å². The summed E-state index contributed by atoms with van der Waals surface area (Å²) >= 11 is 0. The Morgan fingerprint density at radius 3 is 1.59 bits per heavy atom. The Kier molecular flexibility index (Phi) is 6.51. The predicted molar refractivity (Wildman–Crippen MR) is 62.2 cm³/mol. The minimum Gasteiger partial charge on any atom is -0.481 e. The first-order chi connectivity index (χ1) is 9.55. The van der Waals surface area contributed by atoms with E-state index < -0.39 is 56.3 Å². The number of hydrogen-bond acceptors (Lipinski definition) is 2. The van der Waals surface area contributed by atoms with E-state index in [1.54, 1.807) is 0 Å². The minimum absolute atomic E-state index is 0.194. The Morgan fingerprint density at radius 1 is 1.05 bits per heavy atom. The molecule has 0 saturated carbocycles. The highest BCUT2D eigenvalue weighted by Crippen LogP contribution is 2.58. The zero-order valence-corrected chi connectivity index (χ0v) is 12.2. The molecular weight excluding hydrogens is 345 g/mol. The fraction of sp³-hybridized carbons (Fsp3) is 0.900. The average Bonchev–Trinajstić information content (AvgIpc) is 2.18. The Labute approximate surface area is 121 Å². The molecule has 5 nitrogen and oxygen atoms in total. The highest BCUT2D eigenvalue weighted by Gasteiger charge is 2.61. The van der Waals surface area contributed by atoms with Crippen LogP contribution in [-0.2, 0) is 9.36 Å². The first kappa shape index (κ1) is 21.2. The number of rotatable bonds is 7. The molecule has 0 heterocycles. The summed E-state index contributed by atoms with van der Waals surface area (Å²) in [5, 5.41) is 8.97. The van der Waals surface area contributed by atoms with E-state index in [0.29, 0.717) is 0 Å². The zero-order valence-electron chi connectivity index (χ0n) is 11.3. The van der Waals surface area contributed by atoms with E-state index in [1.165, 1.54) is 6.92 Å². The Hall–Kier alpha value is -0.800. The van der Waals surface area contributed by atoms with Crippen LogP contribution in [-0.4, -0.2) is 38.9 Å². The maximum atomic E-state index is 12.6. The van der Waals surface area contributed by atoms with Gasteiger partial charge in [0.05, 0.1) is 23.9 Å². The molecule has 0 aliphatic rings. The molecule has 0 saturated heterocycles. The van der Waals surface area contributed by atoms with Gasteiger partial charge in [0.25, 0.3) is 0 Å². The summed E-state index contributed by atoms with van der Waals surface area (Å²) in [5.74, 6) is -2.54. The van der Waals surface area contributed by atoms with Crippen LogP contribution < -0.4 is 0 Å². The van der Waals surface area contributed by atoms with Crippen molar-refractivity contribution in [1.82, 2.24) is 0 Å². The van der Waals surface area contributed by atoms with Gasteiger partial charge in [0.2, 0.25) is 0 Å². The topological polar surface area (TPSA) is 94.8 Å². The molecule has 0 aromatic heterocycles. The Bertz CT molecular complexity index is 424. The number of carboxylic acid groups (broad SMARTS) is 1. The van der Waals surface area contributed by atoms with Crippen molar-refractivity contribution in [2.45, 2.75) is 50.6 Å². The van der Waals surface area contributed by atoms with Gasteiger partial charge in [-0.2, -0.15) is 26.3 Å². The van der Waals surface area contributed by atoms with E-state index in [4.69, 9.17) is 14.9 Å². The summed E-state index contributed by atoms with van der Waals surface area (Å²) in [6, 6.07) is 0. The highest BCUT2D eigenvalue weighted by molar-refractivity contribution is 7.52. The number of aliphatic carboxylic acids is 1. The molecule has 0 bridgehead atoms. The standard InChI is InChI=1S/C10H15F6O5P/c1-2-3-6(22(19,20)21)8(7(17)18,4-9(11,12)13)5-10(14,15)16/h6H,2-5H2,1H3,(H,17,18)(H2,19,20,21). The molecule has 0 rings (SSSR count). The normalized spacial score (nSPS) is 15.7. The largest absolute Gasteiger partial charge is 0.481 e. The van der Waals surface area contributed by atoms with E-state index in [1.807, 2.05) is 0 Å². The third-order valence-electron chi connectivity index (χ3n) is 3.06. The first-order valence-corrected chi connectivity index (χ1v) is 7.65. The van der Waals surface area contributed by atoms with Crippen molar-refractivity contribution in [1.29, 1.82) is 0 Å². The van der Waals surface area contributed by atoms with E-state index in [9.17, 15) is 35.7 Å². The van der Waals surface area contributed by atoms with Crippen LogP contribution >= 0.6 is 7.60 Å². The number of hydrogen-bond donors (Lipinski definition) is 3. The van der Waals surface area contributed by atoms with Crippen LogP contribution in [0.5, 0.6) is 0 Å². The van der Waals surface area contributed by atoms with Gasteiger partial charge in [-0.15, -0.1) is 0 Å². The molecule has 3 N–H and O–H groups in total. The summed E-state index contributed by atoms with van der Waals surface area (Å²) in [6.07, 6.45) is -16.6. The van der Waals surface area contributed by atoms with E-state index >= 15 is 0 Å². The molecule has 22 heavy (non-hydrogen) atoms. The summed E-state index contributed by atoms with van der Waals surface area (Å²) in [7, 11) is -5.52. The molecular formula is C10H15F6O5P. The molecule has 0 aromatic rings. The number of carbonyl (C=O) groups is 1. The molecule has 0 amide bonds. The molecule has 132 valence electrons. The van der Waals surface area contributed by atoms with Gasteiger partial charge in [0.15, 0.2) is 0 Å². The Balaban J connectivity index is 6.22. The van der Waals surface area contributed by atoms with Crippen molar-refractivity contribution in [3.8, 4) is 0 Å². The molecule has 12 heteroatoms. The maximum Gasteiger partial charge on any atom is 0.390 e. The molecule has 0 radical (unpaired) electrons. The van der Waals surface area contributed by atoms with Gasteiger partial charge in [-0.1, -0.05) is 13.3 Å². The van der Waals surface area contributed by atoms with Crippen molar-refractivity contribution in [2.24, 2.45) is 5.41 Å². The van der Waals surface area contributed by atoms with Crippen molar-refractivity contribution in [2.75, 3.05) is 0 Å². The smallest absolute Gasteiger partial charge is 0.390 e. The third-order valence-corrected chi connectivity index (χ3v) is 4.63. The zero-order chi connectivity index (χ0) is 18.0. The molecule has 0 fully saturated rings. The maximum absolute atomic E-state index is 12.6. The number of carboxylic acids is 1. The second-order valence-electron chi connectivity index (χ2n) is 4.94. The van der Waals surface area contributed by atoms with Gasteiger partial charge in [0, 0.05) is 0 Å². The fourth-order valence-corrected chi connectivity index (χ4v) is 3.88. The quantitative estimate of drug-likeness (QED) is 0.478. The first-order valence-electron chi connectivity index (χ1n) is 5.97. The van der Waals surface area contributed by atoms with E-state index in [0.717, 1.165) is 0 Å². The summed E-state index contributed by atoms with van der Waals surface area (Å²) in [6.45, 7) is 1.26. The monoisotopic (exact) mass is 360 g/mol. The van der Waals surface area contributed by atoms with Crippen LogP contribution in [0.2, 0.25) is 0 Å². The van der Waals surface area contributed by atoms with Crippen LogP contribution in [0.25, 0.3) is 0 Å². The van der Waals surface area contributed by atoms with Gasteiger partial charge < -0.3 is 14.9 Å². The predicted octanol–water partition coefficient (Wildman–Crippen LogP) is 3.31. The molecule has 0 aliphatic heterocycles. The second kappa shape index (κ2) is 6.76.